The third-order valence-corrected chi connectivity index (χ3v) is 6.11. The zero-order chi connectivity index (χ0) is 12.8. The smallest absolute Gasteiger partial charge is 0.311 e. The molecule has 4 rings (SSSR count). The topological polar surface area (TPSA) is 35.5 Å². The minimum atomic E-state index is -0.251. The second-order valence-electron chi connectivity index (χ2n) is 7.06. The number of rotatable bonds is 2. The number of fused-ring (bicyclic) bond motifs is 5. The van der Waals surface area contributed by atoms with Crippen LogP contribution in [0.3, 0.4) is 0 Å². The summed E-state index contributed by atoms with van der Waals surface area (Å²) in [4.78, 5) is 12.3. The van der Waals surface area contributed by atoms with Crippen molar-refractivity contribution in [2.45, 2.75) is 57.7 Å². The molecule has 4 fully saturated rings. The lowest BCUT2D eigenvalue weighted by atomic mass is 9.82. The zero-order valence-electron chi connectivity index (χ0n) is 11.6. The first-order chi connectivity index (χ1) is 9.31. The number of ether oxygens (including phenoxy) is 2. The zero-order valence-corrected chi connectivity index (χ0v) is 11.6. The summed E-state index contributed by atoms with van der Waals surface area (Å²) in [6, 6.07) is 0. The quantitative estimate of drug-likeness (QED) is 0.719. The van der Waals surface area contributed by atoms with Crippen LogP contribution < -0.4 is 0 Å². The molecule has 0 amide bonds. The largest absolute Gasteiger partial charge is 0.436 e. The molecule has 0 aromatic rings. The van der Waals surface area contributed by atoms with Crippen molar-refractivity contribution < 1.29 is 14.3 Å². The van der Waals surface area contributed by atoms with Crippen molar-refractivity contribution in [2.24, 2.45) is 29.6 Å². The Morgan fingerprint density at radius 3 is 2.32 bits per heavy atom. The molecule has 1 saturated heterocycles. The summed E-state index contributed by atoms with van der Waals surface area (Å²) < 4.78 is 11.1. The molecular weight excluding hydrogens is 240 g/mol. The van der Waals surface area contributed by atoms with E-state index in [-0.39, 0.29) is 18.2 Å². The highest BCUT2D eigenvalue weighted by Gasteiger charge is 2.53. The maximum Gasteiger partial charge on any atom is 0.311 e. The molecule has 0 aromatic heterocycles. The van der Waals surface area contributed by atoms with E-state index in [1.165, 1.54) is 19.3 Å². The Balaban J connectivity index is 1.35. The lowest BCUT2D eigenvalue weighted by Crippen LogP contribution is -2.28. The van der Waals surface area contributed by atoms with E-state index in [1.54, 1.807) is 0 Å². The van der Waals surface area contributed by atoms with Crippen LogP contribution in [-0.4, -0.2) is 18.9 Å². The molecule has 5 atom stereocenters. The Kier molecular flexibility index (Phi) is 3.06. The Labute approximate surface area is 115 Å². The summed E-state index contributed by atoms with van der Waals surface area (Å²) in [6.07, 6.45) is 9.33. The van der Waals surface area contributed by atoms with E-state index >= 15 is 0 Å². The molecule has 3 nitrogen and oxygen atoms in total. The molecule has 19 heavy (non-hydrogen) atoms. The Morgan fingerprint density at radius 1 is 0.947 bits per heavy atom. The molecule has 0 spiro atoms. The van der Waals surface area contributed by atoms with Gasteiger partial charge in [0.1, 0.15) is 0 Å². The van der Waals surface area contributed by atoms with Crippen molar-refractivity contribution in [3.8, 4) is 0 Å². The van der Waals surface area contributed by atoms with Crippen LogP contribution in [0, 0.1) is 29.6 Å². The predicted molar refractivity (Wildman–Crippen MR) is 70.2 cm³/mol. The second-order valence-corrected chi connectivity index (χ2v) is 7.06. The van der Waals surface area contributed by atoms with Gasteiger partial charge in [0.05, 0.1) is 12.5 Å². The van der Waals surface area contributed by atoms with E-state index in [9.17, 15) is 4.79 Å². The van der Waals surface area contributed by atoms with Gasteiger partial charge in [-0.2, -0.15) is 0 Å². The van der Waals surface area contributed by atoms with Gasteiger partial charge in [0, 0.05) is 6.42 Å². The van der Waals surface area contributed by atoms with Gasteiger partial charge >= 0.3 is 5.97 Å². The van der Waals surface area contributed by atoms with Crippen LogP contribution in [0.1, 0.15) is 51.4 Å². The van der Waals surface area contributed by atoms with Gasteiger partial charge in [-0.1, -0.05) is 0 Å². The molecule has 1 heterocycles. The molecule has 0 N–H and O–H groups in total. The highest BCUT2D eigenvalue weighted by atomic mass is 16.7. The number of carbonyl (C=O) groups excluding carboxylic acids is 1. The molecular formula is C16H24O3. The van der Waals surface area contributed by atoms with Gasteiger partial charge in [-0.05, 0) is 68.6 Å². The highest BCUT2D eigenvalue weighted by Crippen LogP contribution is 2.60. The summed E-state index contributed by atoms with van der Waals surface area (Å²) in [7, 11) is 0. The fourth-order valence-corrected chi connectivity index (χ4v) is 5.24. The first-order valence-corrected chi connectivity index (χ1v) is 8.13. The number of esters is 1. The average molecular weight is 264 g/mol. The second kappa shape index (κ2) is 4.76. The summed E-state index contributed by atoms with van der Waals surface area (Å²) in [5.74, 6) is 3.73. The molecule has 3 saturated carbocycles. The van der Waals surface area contributed by atoms with E-state index in [0.717, 1.165) is 62.4 Å². The van der Waals surface area contributed by atoms with Crippen molar-refractivity contribution in [3.63, 3.8) is 0 Å². The fourth-order valence-electron chi connectivity index (χ4n) is 5.24. The Hall–Kier alpha value is -0.570. The standard InChI is InChI=1S/C16H24O3/c17-16(19-15-3-1-2-6-18-15)12-8-13-10-4-5-11(7-10)14(13)9-12/h10-15H,1-9H2. The van der Waals surface area contributed by atoms with Crippen molar-refractivity contribution in [3.05, 3.63) is 0 Å². The summed E-state index contributed by atoms with van der Waals surface area (Å²) >= 11 is 0. The highest BCUT2D eigenvalue weighted by molar-refractivity contribution is 5.73. The first kappa shape index (κ1) is 12.2. The molecule has 1 aliphatic heterocycles. The van der Waals surface area contributed by atoms with Crippen LogP contribution in [0.2, 0.25) is 0 Å². The summed E-state index contributed by atoms with van der Waals surface area (Å²) in [5.41, 5.74) is 0. The number of hydrogen-bond donors (Lipinski definition) is 0. The van der Waals surface area contributed by atoms with Gasteiger partial charge in [0.25, 0.3) is 0 Å². The molecule has 3 heteroatoms. The normalized spacial score (nSPS) is 48.2. The lowest BCUT2D eigenvalue weighted by Gasteiger charge is -2.24. The van der Waals surface area contributed by atoms with E-state index in [2.05, 4.69) is 0 Å². The van der Waals surface area contributed by atoms with Crippen LogP contribution in [0.5, 0.6) is 0 Å². The van der Waals surface area contributed by atoms with Gasteiger partial charge < -0.3 is 9.47 Å². The molecule has 106 valence electrons. The van der Waals surface area contributed by atoms with Gasteiger partial charge in [0.15, 0.2) is 0 Å². The molecule has 5 unspecified atom stereocenters. The minimum absolute atomic E-state index is 0.0284. The molecule has 0 radical (unpaired) electrons. The van der Waals surface area contributed by atoms with Crippen molar-refractivity contribution in [2.75, 3.05) is 6.61 Å². The third kappa shape index (κ3) is 2.10. The van der Waals surface area contributed by atoms with E-state index < -0.39 is 0 Å². The monoisotopic (exact) mass is 264 g/mol. The minimum Gasteiger partial charge on any atom is -0.436 e. The van der Waals surface area contributed by atoms with Crippen LogP contribution >= 0.6 is 0 Å². The third-order valence-electron chi connectivity index (χ3n) is 6.11. The Bertz CT molecular complexity index is 343. The van der Waals surface area contributed by atoms with Gasteiger partial charge in [-0.15, -0.1) is 0 Å². The van der Waals surface area contributed by atoms with E-state index in [4.69, 9.17) is 9.47 Å². The summed E-state index contributed by atoms with van der Waals surface area (Å²) in [6.45, 7) is 0.748. The SMILES string of the molecule is O=C(OC1CCCCO1)C1CC2C3CCC(C3)C2C1. The maximum atomic E-state index is 12.3. The molecule has 0 aromatic carbocycles. The number of carbonyl (C=O) groups is 1. The first-order valence-electron chi connectivity index (χ1n) is 8.13. The summed E-state index contributed by atoms with van der Waals surface area (Å²) in [5, 5.41) is 0. The number of hydrogen-bond acceptors (Lipinski definition) is 3. The molecule has 2 bridgehead atoms. The van der Waals surface area contributed by atoms with Crippen molar-refractivity contribution >= 4 is 5.97 Å². The van der Waals surface area contributed by atoms with Crippen molar-refractivity contribution in [1.82, 2.24) is 0 Å². The average Bonchev–Trinajstić information content (AvgIpc) is 3.12. The van der Waals surface area contributed by atoms with Gasteiger partial charge in [-0.3, -0.25) is 4.79 Å². The predicted octanol–water partition coefficient (Wildman–Crippen LogP) is 3.13. The maximum absolute atomic E-state index is 12.3. The van der Waals surface area contributed by atoms with Gasteiger partial charge in [0.2, 0.25) is 6.29 Å². The van der Waals surface area contributed by atoms with Crippen LogP contribution in [0.25, 0.3) is 0 Å². The van der Waals surface area contributed by atoms with Gasteiger partial charge in [-0.25, -0.2) is 0 Å². The lowest BCUT2D eigenvalue weighted by molar-refractivity contribution is -0.191. The van der Waals surface area contributed by atoms with Crippen LogP contribution in [0.15, 0.2) is 0 Å². The van der Waals surface area contributed by atoms with Crippen molar-refractivity contribution in [1.29, 1.82) is 0 Å². The Morgan fingerprint density at radius 2 is 1.68 bits per heavy atom. The van der Waals surface area contributed by atoms with Crippen LogP contribution in [-0.2, 0) is 14.3 Å². The molecule has 4 aliphatic rings. The van der Waals surface area contributed by atoms with E-state index in [0.29, 0.717) is 0 Å². The van der Waals surface area contributed by atoms with E-state index in [1.807, 2.05) is 0 Å². The molecule has 3 aliphatic carbocycles. The van der Waals surface area contributed by atoms with Crippen LogP contribution in [0.4, 0.5) is 0 Å². The fraction of sp³-hybridized carbons (Fsp3) is 0.938.